The lowest BCUT2D eigenvalue weighted by molar-refractivity contribution is -0.132. The molecule has 5 nitrogen and oxygen atoms in total. The van der Waals surface area contributed by atoms with Crippen molar-refractivity contribution in [1.82, 2.24) is 10.6 Å². The van der Waals surface area contributed by atoms with Crippen LogP contribution in [0.25, 0.3) is 0 Å². The van der Waals surface area contributed by atoms with E-state index in [-0.39, 0.29) is 23.4 Å². The first kappa shape index (κ1) is 16.2. The van der Waals surface area contributed by atoms with Gasteiger partial charge in [0.15, 0.2) is 0 Å². The Hall–Kier alpha value is -2.04. The molecule has 1 aliphatic heterocycles. The van der Waals surface area contributed by atoms with Gasteiger partial charge >= 0.3 is 0 Å². The predicted molar refractivity (Wildman–Crippen MR) is 99.6 cm³/mol. The molecular weight excluding hydrogens is 326 g/mol. The van der Waals surface area contributed by atoms with Crippen LogP contribution in [0.15, 0.2) is 24.3 Å². The molecule has 0 unspecified atom stereocenters. The number of para-hydroxylation sites is 1. The van der Waals surface area contributed by atoms with Crippen molar-refractivity contribution < 1.29 is 9.59 Å². The Morgan fingerprint density at radius 3 is 2.65 bits per heavy atom. The molecule has 4 saturated carbocycles. The van der Waals surface area contributed by atoms with Gasteiger partial charge in [0.2, 0.25) is 5.91 Å². The third kappa shape index (κ3) is 2.51. The Kier molecular flexibility index (Phi) is 3.73. The Labute approximate surface area is 154 Å². The number of benzene rings is 1. The molecular formula is C21H27N3O2. The third-order valence-corrected chi connectivity index (χ3v) is 7.18. The summed E-state index contributed by atoms with van der Waals surface area (Å²) < 4.78 is 0. The molecule has 5 heteroatoms. The van der Waals surface area contributed by atoms with Gasteiger partial charge in [-0.1, -0.05) is 25.0 Å². The summed E-state index contributed by atoms with van der Waals surface area (Å²) in [6.45, 7) is 0. The van der Waals surface area contributed by atoms with Crippen LogP contribution < -0.4 is 16.0 Å². The van der Waals surface area contributed by atoms with Crippen LogP contribution in [0.5, 0.6) is 0 Å². The highest BCUT2D eigenvalue weighted by Crippen LogP contribution is 2.51. The zero-order valence-corrected chi connectivity index (χ0v) is 15.1. The molecule has 1 aromatic rings. The van der Waals surface area contributed by atoms with E-state index in [1.807, 2.05) is 24.3 Å². The van der Waals surface area contributed by atoms with E-state index in [2.05, 4.69) is 16.0 Å². The molecule has 2 amide bonds. The van der Waals surface area contributed by atoms with Crippen molar-refractivity contribution in [3.63, 3.8) is 0 Å². The van der Waals surface area contributed by atoms with Crippen molar-refractivity contribution in [2.45, 2.75) is 63.1 Å². The van der Waals surface area contributed by atoms with Crippen LogP contribution in [-0.2, 0) is 4.79 Å². The van der Waals surface area contributed by atoms with Gasteiger partial charge in [-0.05, 0) is 56.6 Å². The van der Waals surface area contributed by atoms with Gasteiger partial charge in [0.05, 0.1) is 5.56 Å². The molecule has 0 radical (unpaired) electrons. The zero-order chi connectivity index (χ0) is 17.7. The number of amides is 2. The molecule has 3 N–H and O–H groups in total. The molecule has 5 aliphatic rings. The average molecular weight is 353 g/mol. The van der Waals surface area contributed by atoms with E-state index in [0.29, 0.717) is 17.9 Å². The van der Waals surface area contributed by atoms with Crippen molar-refractivity contribution in [3.05, 3.63) is 29.8 Å². The second-order valence-electron chi connectivity index (χ2n) is 8.67. The van der Waals surface area contributed by atoms with Crippen LogP contribution in [0.4, 0.5) is 5.69 Å². The largest absolute Gasteiger partial charge is 0.362 e. The van der Waals surface area contributed by atoms with E-state index in [1.54, 1.807) is 0 Å². The molecule has 0 saturated heterocycles. The first-order valence-corrected chi connectivity index (χ1v) is 10.1. The monoisotopic (exact) mass is 353 g/mol. The van der Waals surface area contributed by atoms with E-state index >= 15 is 0 Å². The third-order valence-electron chi connectivity index (χ3n) is 7.18. The quantitative estimate of drug-likeness (QED) is 0.765. The minimum atomic E-state index is -0.376. The van der Waals surface area contributed by atoms with E-state index in [1.165, 1.54) is 12.8 Å². The van der Waals surface area contributed by atoms with Crippen LogP contribution in [0, 0.1) is 17.8 Å². The Balaban J connectivity index is 1.34. The number of fused-ring (bicyclic) bond motifs is 3. The minimum absolute atomic E-state index is 0.0128. The fourth-order valence-corrected chi connectivity index (χ4v) is 5.84. The maximum Gasteiger partial charge on any atom is 0.255 e. The van der Waals surface area contributed by atoms with Crippen LogP contribution in [0.1, 0.15) is 61.7 Å². The van der Waals surface area contributed by atoms with Crippen molar-refractivity contribution >= 4 is 17.5 Å². The Morgan fingerprint density at radius 2 is 1.88 bits per heavy atom. The van der Waals surface area contributed by atoms with Crippen LogP contribution in [-0.4, -0.2) is 23.5 Å². The maximum absolute atomic E-state index is 12.9. The van der Waals surface area contributed by atoms with Gasteiger partial charge in [-0.3, -0.25) is 9.59 Å². The van der Waals surface area contributed by atoms with Gasteiger partial charge in [0.1, 0.15) is 5.66 Å². The Bertz CT molecular complexity index is 743. The van der Waals surface area contributed by atoms with Crippen LogP contribution >= 0.6 is 0 Å². The standard InChI is InChI=1S/C21H27N3O2/c25-19(22-15-5-1-2-6-15)17-11-14-10-9-13(17)12-21(14)23-18-8-4-3-7-16(18)20(26)24-21/h3-4,7-8,13-15,17,23H,1-2,5-6,9-12H2,(H,22,25)(H,24,26)/t13-,14+,17-,21-/m1/s1. The Morgan fingerprint density at radius 1 is 1.08 bits per heavy atom. The molecule has 26 heavy (non-hydrogen) atoms. The second kappa shape index (κ2) is 6.00. The summed E-state index contributed by atoms with van der Waals surface area (Å²) in [6, 6.07) is 8.11. The molecule has 4 fully saturated rings. The van der Waals surface area contributed by atoms with Crippen molar-refractivity contribution in [3.8, 4) is 0 Å². The number of rotatable bonds is 2. The highest BCUT2D eigenvalue weighted by Gasteiger charge is 2.55. The SMILES string of the molecule is O=C1N[C@@]2(C[C@H]3CC[C@H]2C[C@H]3C(=O)NC2CCCC2)Nc2ccccc21. The fourth-order valence-electron chi connectivity index (χ4n) is 5.84. The number of hydrogen-bond acceptors (Lipinski definition) is 3. The van der Waals surface area contributed by atoms with E-state index in [4.69, 9.17) is 0 Å². The molecule has 1 heterocycles. The first-order valence-electron chi connectivity index (χ1n) is 10.1. The fraction of sp³-hybridized carbons (Fsp3) is 0.619. The number of carbonyl (C=O) groups excluding carboxylic acids is 2. The number of carbonyl (C=O) groups is 2. The number of nitrogens with one attached hydrogen (secondary N) is 3. The van der Waals surface area contributed by atoms with Gasteiger partial charge < -0.3 is 16.0 Å². The zero-order valence-electron chi connectivity index (χ0n) is 15.1. The molecule has 0 aromatic heterocycles. The molecule has 1 spiro atoms. The summed E-state index contributed by atoms with van der Waals surface area (Å²) in [5, 5.41) is 10.2. The molecule has 2 bridgehead atoms. The summed E-state index contributed by atoms with van der Waals surface area (Å²) in [5.74, 6) is 1.03. The van der Waals surface area contributed by atoms with E-state index in [0.717, 1.165) is 49.8 Å². The molecule has 6 rings (SSSR count). The second-order valence-corrected chi connectivity index (χ2v) is 8.67. The smallest absolute Gasteiger partial charge is 0.255 e. The summed E-state index contributed by atoms with van der Waals surface area (Å²) in [5.41, 5.74) is 1.27. The molecule has 1 aromatic carbocycles. The molecule has 4 aliphatic carbocycles. The van der Waals surface area contributed by atoms with E-state index < -0.39 is 0 Å². The lowest BCUT2D eigenvalue weighted by Gasteiger charge is -2.56. The normalized spacial score (nSPS) is 35.7. The lowest BCUT2D eigenvalue weighted by atomic mass is 9.58. The minimum Gasteiger partial charge on any atom is -0.362 e. The van der Waals surface area contributed by atoms with Crippen molar-refractivity contribution in [1.29, 1.82) is 0 Å². The molecule has 4 atom stereocenters. The predicted octanol–water partition coefficient (Wildman–Crippen LogP) is 3.03. The lowest BCUT2D eigenvalue weighted by Crippen LogP contribution is -2.68. The number of anilines is 1. The van der Waals surface area contributed by atoms with Gasteiger partial charge in [0, 0.05) is 23.6 Å². The van der Waals surface area contributed by atoms with Gasteiger partial charge in [-0.25, -0.2) is 0 Å². The van der Waals surface area contributed by atoms with Crippen LogP contribution in [0.2, 0.25) is 0 Å². The highest BCUT2D eigenvalue weighted by molar-refractivity contribution is 6.02. The topological polar surface area (TPSA) is 70.2 Å². The van der Waals surface area contributed by atoms with Crippen molar-refractivity contribution in [2.75, 3.05) is 5.32 Å². The van der Waals surface area contributed by atoms with Crippen LogP contribution in [0.3, 0.4) is 0 Å². The average Bonchev–Trinajstić information content (AvgIpc) is 3.15. The first-order chi connectivity index (χ1) is 12.6. The number of hydrogen-bond donors (Lipinski definition) is 3. The summed E-state index contributed by atoms with van der Waals surface area (Å²) in [6.07, 6.45) is 8.62. The summed E-state index contributed by atoms with van der Waals surface area (Å²) in [4.78, 5) is 25.5. The van der Waals surface area contributed by atoms with Gasteiger partial charge in [-0.2, -0.15) is 0 Å². The van der Waals surface area contributed by atoms with Gasteiger partial charge in [-0.15, -0.1) is 0 Å². The van der Waals surface area contributed by atoms with Gasteiger partial charge in [0.25, 0.3) is 5.91 Å². The highest BCUT2D eigenvalue weighted by atomic mass is 16.2. The summed E-state index contributed by atoms with van der Waals surface area (Å²) >= 11 is 0. The maximum atomic E-state index is 12.9. The summed E-state index contributed by atoms with van der Waals surface area (Å²) in [7, 11) is 0. The van der Waals surface area contributed by atoms with Crippen molar-refractivity contribution in [2.24, 2.45) is 17.8 Å². The molecule has 138 valence electrons. The van der Waals surface area contributed by atoms with E-state index in [9.17, 15) is 9.59 Å².